The summed E-state index contributed by atoms with van der Waals surface area (Å²) < 4.78 is 25.0. The number of aryl methyl sites for hydroxylation is 1. The largest absolute Gasteiger partial charge is 0.352 e. The maximum Gasteiger partial charge on any atom is 0.238 e. The molecule has 2 aromatic rings. The number of nitrogens with two attached hydrogens (primary N) is 1. The lowest BCUT2D eigenvalue weighted by molar-refractivity contribution is -0.122. The Kier molecular flexibility index (Phi) is 6.71. The topological polar surface area (TPSA) is 118 Å². The SMILES string of the molecule is Cc1cc(C(=O)CN2CCN(CC(=O)NC3CC3)CC2)c(C)n1-c1ccc(S(N)(=O)=O)cc1. The summed E-state index contributed by atoms with van der Waals surface area (Å²) in [5, 5.41) is 8.20. The molecule has 1 aliphatic heterocycles. The van der Waals surface area contributed by atoms with Crippen LogP contribution in [0, 0.1) is 13.8 Å². The van der Waals surface area contributed by atoms with Crippen LogP contribution in [-0.2, 0) is 14.8 Å². The molecule has 2 heterocycles. The van der Waals surface area contributed by atoms with Crippen LogP contribution in [0.3, 0.4) is 0 Å². The molecule has 1 saturated carbocycles. The van der Waals surface area contributed by atoms with Gasteiger partial charge in [0.05, 0.1) is 18.0 Å². The summed E-state index contributed by atoms with van der Waals surface area (Å²) in [6, 6.07) is 8.57. The molecule has 0 atom stereocenters. The Labute approximate surface area is 194 Å². The van der Waals surface area contributed by atoms with Crippen molar-refractivity contribution in [3.05, 3.63) is 47.3 Å². The molecular weight excluding hydrogens is 442 g/mol. The smallest absolute Gasteiger partial charge is 0.238 e. The first kappa shape index (κ1) is 23.6. The molecule has 1 saturated heterocycles. The van der Waals surface area contributed by atoms with Gasteiger partial charge in [-0.15, -0.1) is 0 Å². The molecule has 3 N–H and O–H groups in total. The third kappa shape index (κ3) is 5.70. The molecule has 33 heavy (non-hydrogen) atoms. The van der Waals surface area contributed by atoms with Crippen LogP contribution in [0.2, 0.25) is 0 Å². The van der Waals surface area contributed by atoms with Crippen LogP contribution >= 0.6 is 0 Å². The molecule has 1 amide bonds. The van der Waals surface area contributed by atoms with Crippen molar-refractivity contribution in [3.63, 3.8) is 0 Å². The minimum atomic E-state index is -3.75. The maximum absolute atomic E-state index is 13.1. The first-order chi connectivity index (χ1) is 15.6. The molecule has 9 nitrogen and oxygen atoms in total. The Morgan fingerprint density at radius 1 is 1.00 bits per heavy atom. The number of piperazine rings is 1. The number of primary sulfonamides is 1. The predicted molar refractivity (Wildman–Crippen MR) is 125 cm³/mol. The first-order valence-corrected chi connectivity index (χ1v) is 12.8. The van der Waals surface area contributed by atoms with Crippen LogP contribution in [0.1, 0.15) is 34.6 Å². The van der Waals surface area contributed by atoms with Gasteiger partial charge in [-0.25, -0.2) is 13.6 Å². The zero-order chi connectivity index (χ0) is 23.8. The summed E-state index contributed by atoms with van der Waals surface area (Å²) in [6.45, 7) is 7.58. The molecule has 2 fully saturated rings. The number of aromatic nitrogens is 1. The average Bonchev–Trinajstić information content (AvgIpc) is 3.51. The van der Waals surface area contributed by atoms with Crippen LogP contribution in [0.15, 0.2) is 35.2 Å². The summed E-state index contributed by atoms with van der Waals surface area (Å²) in [7, 11) is -3.75. The molecule has 4 rings (SSSR count). The molecule has 178 valence electrons. The van der Waals surface area contributed by atoms with E-state index in [1.54, 1.807) is 12.1 Å². The number of hydrogen-bond donors (Lipinski definition) is 2. The fourth-order valence-corrected chi connectivity index (χ4v) is 4.84. The molecule has 0 spiro atoms. The number of benzene rings is 1. The van der Waals surface area contributed by atoms with E-state index in [-0.39, 0.29) is 16.6 Å². The van der Waals surface area contributed by atoms with Gasteiger partial charge in [-0.1, -0.05) is 0 Å². The van der Waals surface area contributed by atoms with Crippen molar-refractivity contribution in [2.24, 2.45) is 5.14 Å². The number of hydrogen-bond acceptors (Lipinski definition) is 6. The van der Waals surface area contributed by atoms with Gasteiger partial charge in [0.15, 0.2) is 5.78 Å². The van der Waals surface area contributed by atoms with Crippen LogP contribution in [0.25, 0.3) is 5.69 Å². The molecule has 1 aromatic heterocycles. The number of Topliss-reactive ketones (excluding diaryl/α,β-unsaturated/α-hetero) is 1. The minimum Gasteiger partial charge on any atom is -0.352 e. The highest BCUT2D eigenvalue weighted by Crippen LogP contribution is 2.23. The molecular formula is C23H31N5O4S. The van der Waals surface area contributed by atoms with Crippen LogP contribution < -0.4 is 10.5 Å². The third-order valence-corrected chi connectivity index (χ3v) is 7.23. The van der Waals surface area contributed by atoms with Crippen molar-refractivity contribution in [3.8, 4) is 5.69 Å². The molecule has 1 aliphatic carbocycles. The van der Waals surface area contributed by atoms with E-state index in [9.17, 15) is 18.0 Å². The van der Waals surface area contributed by atoms with Gasteiger partial charge in [0.1, 0.15) is 0 Å². The van der Waals surface area contributed by atoms with Gasteiger partial charge in [-0.2, -0.15) is 0 Å². The summed E-state index contributed by atoms with van der Waals surface area (Å²) in [6.07, 6.45) is 2.17. The molecule has 1 aromatic carbocycles. The van der Waals surface area contributed by atoms with Crippen molar-refractivity contribution in [2.45, 2.75) is 37.6 Å². The van der Waals surface area contributed by atoms with Gasteiger partial charge in [-0.3, -0.25) is 19.4 Å². The zero-order valence-electron chi connectivity index (χ0n) is 19.1. The van der Waals surface area contributed by atoms with E-state index in [0.29, 0.717) is 24.7 Å². The van der Waals surface area contributed by atoms with E-state index in [0.717, 1.165) is 56.1 Å². The van der Waals surface area contributed by atoms with E-state index in [2.05, 4.69) is 15.1 Å². The van der Waals surface area contributed by atoms with Gasteiger partial charge in [0, 0.05) is 54.9 Å². The minimum absolute atomic E-state index is 0.0502. The lowest BCUT2D eigenvalue weighted by Crippen LogP contribution is -2.50. The van der Waals surface area contributed by atoms with Crippen molar-refractivity contribution >= 4 is 21.7 Å². The molecule has 2 aliphatic rings. The van der Waals surface area contributed by atoms with E-state index in [1.807, 2.05) is 24.5 Å². The Hall–Kier alpha value is -2.53. The maximum atomic E-state index is 13.1. The van der Waals surface area contributed by atoms with Gasteiger partial charge in [-0.05, 0) is 57.0 Å². The summed E-state index contributed by atoms with van der Waals surface area (Å²) >= 11 is 0. The van der Waals surface area contributed by atoms with Gasteiger partial charge in [0.2, 0.25) is 15.9 Å². The van der Waals surface area contributed by atoms with Crippen LogP contribution in [0.4, 0.5) is 0 Å². The number of carbonyl (C=O) groups is 2. The molecule has 10 heteroatoms. The van der Waals surface area contributed by atoms with E-state index in [1.165, 1.54) is 12.1 Å². The normalized spacial score (nSPS) is 17.8. The Bertz CT molecular complexity index is 1140. The summed E-state index contributed by atoms with van der Waals surface area (Å²) in [4.78, 5) is 29.4. The highest BCUT2D eigenvalue weighted by molar-refractivity contribution is 7.89. The molecule has 0 bridgehead atoms. The van der Waals surface area contributed by atoms with Crippen molar-refractivity contribution in [1.82, 2.24) is 19.7 Å². The number of carbonyl (C=O) groups excluding carboxylic acids is 2. The number of rotatable bonds is 8. The number of sulfonamides is 1. The second-order valence-corrected chi connectivity index (χ2v) is 10.5. The monoisotopic (exact) mass is 473 g/mol. The zero-order valence-corrected chi connectivity index (χ0v) is 19.9. The average molecular weight is 474 g/mol. The van der Waals surface area contributed by atoms with Gasteiger partial charge >= 0.3 is 0 Å². The second-order valence-electron chi connectivity index (χ2n) is 8.98. The fraction of sp³-hybridized carbons (Fsp3) is 0.478. The number of nitrogens with one attached hydrogen (secondary N) is 1. The number of amides is 1. The fourth-order valence-electron chi connectivity index (χ4n) is 4.33. The van der Waals surface area contributed by atoms with Crippen molar-refractivity contribution in [2.75, 3.05) is 39.3 Å². The summed E-state index contributed by atoms with van der Waals surface area (Å²) in [5.74, 6) is 0.141. The van der Waals surface area contributed by atoms with Gasteiger partial charge in [0.25, 0.3) is 0 Å². The molecule has 0 unspecified atom stereocenters. The van der Waals surface area contributed by atoms with E-state index < -0.39 is 10.0 Å². The van der Waals surface area contributed by atoms with Crippen LogP contribution in [0.5, 0.6) is 0 Å². The number of ketones is 1. The lowest BCUT2D eigenvalue weighted by Gasteiger charge is -2.33. The van der Waals surface area contributed by atoms with E-state index in [4.69, 9.17) is 5.14 Å². The number of nitrogens with zero attached hydrogens (tertiary/aromatic N) is 3. The summed E-state index contributed by atoms with van der Waals surface area (Å²) in [5.41, 5.74) is 3.14. The van der Waals surface area contributed by atoms with Gasteiger partial charge < -0.3 is 9.88 Å². The van der Waals surface area contributed by atoms with Crippen molar-refractivity contribution < 1.29 is 18.0 Å². The highest BCUT2D eigenvalue weighted by atomic mass is 32.2. The third-order valence-electron chi connectivity index (χ3n) is 6.30. The first-order valence-electron chi connectivity index (χ1n) is 11.2. The Morgan fingerprint density at radius 2 is 1.58 bits per heavy atom. The van der Waals surface area contributed by atoms with Crippen LogP contribution in [-0.4, -0.2) is 79.8 Å². The second kappa shape index (κ2) is 9.38. The molecule has 0 radical (unpaired) electrons. The van der Waals surface area contributed by atoms with E-state index >= 15 is 0 Å². The Morgan fingerprint density at radius 3 is 2.12 bits per heavy atom. The van der Waals surface area contributed by atoms with Crippen molar-refractivity contribution in [1.29, 1.82) is 0 Å². The predicted octanol–water partition coefficient (Wildman–Crippen LogP) is 0.820. The Balaban J connectivity index is 1.37. The standard InChI is InChI=1S/C23H31N5O4S/c1-16-13-21(17(2)28(16)19-5-7-20(8-6-19)33(24,31)32)22(29)14-26-9-11-27(12-10-26)15-23(30)25-18-3-4-18/h5-8,13,18H,3-4,9-12,14-15H2,1-2H3,(H,25,30)(H2,24,31,32). The highest BCUT2D eigenvalue weighted by Gasteiger charge is 2.26. The quantitative estimate of drug-likeness (QED) is 0.548. The lowest BCUT2D eigenvalue weighted by atomic mass is 10.1.